The van der Waals surface area contributed by atoms with Crippen LogP contribution >= 0.6 is 11.8 Å². The first-order chi connectivity index (χ1) is 13.5. The Labute approximate surface area is 167 Å². The third-order valence-electron chi connectivity index (χ3n) is 4.74. The summed E-state index contributed by atoms with van der Waals surface area (Å²) < 4.78 is 5.25. The van der Waals surface area contributed by atoms with E-state index >= 15 is 0 Å². The van der Waals surface area contributed by atoms with Crippen LogP contribution in [0.25, 0.3) is 10.8 Å². The smallest absolute Gasteiger partial charge is 0.251 e. The Morgan fingerprint density at radius 1 is 1.11 bits per heavy atom. The standard InChI is InChI=1S/C22H20N2O3S/c1-13-21(25)24-19-11-17(6-8-20(19)28-13)22(26)23-12-14-3-4-16-10-18(27-2)7-5-15(16)9-14/h3-11,13H,12H2,1-2H3,(H,23,26)(H,24,25). The lowest BCUT2D eigenvalue weighted by atomic mass is 10.1. The summed E-state index contributed by atoms with van der Waals surface area (Å²) in [5, 5.41) is 7.86. The van der Waals surface area contributed by atoms with Crippen LogP contribution in [0.15, 0.2) is 59.5 Å². The summed E-state index contributed by atoms with van der Waals surface area (Å²) in [5.74, 6) is 0.610. The van der Waals surface area contributed by atoms with Gasteiger partial charge in [0.05, 0.1) is 18.0 Å². The number of nitrogens with one attached hydrogen (secondary N) is 2. The first-order valence-electron chi connectivity index (χ1n) is 9.00. The van der Waals surface area contributed by atoms with E-state index in [2.05, 4.69) is 16.7 Å². The van der Waals surface area contributed by atoms with E-state index < -0.39 is 0 Å². The van der Waals surface area contributed by atoms with Gasteiger partial charge in [-0.2, -0.15) is 0 Å². The van der Waals surface area contributed by atoms with Crippen LogP contribution < -0.4 is 15.4 Å². The molecule has 142 valence electrons. The minimum Gasteiger partial charge on any atom is -0.497 e. The fraction of sp³-hybridized carbons (Fsp3) is 0.182. The molecule has 0 saturated heterocycles. The molecule has 3 aromatic rings. The Kier molecular flexibility index (Phi) is 4.96. The van der Waals surface area contributed by atoms with E-state index in [9.17, 15) is 9.59 Å². The summed E-state index contributed by atoms with van der Waals surface area (Å²) in [6, 6.07) is 17.4. The largest absolute Gasteiger partial charge is 0.497 e. The number of carbonyl (C=O) groups excluding carboxylic acids is 2. The normalized spacial score (nSPS) is 15.6. The van der Waals surface area contributed by atoms with Crippen molar-refractivity contribution in [2.45, 2.75) is 23.6 Å². The van der Waals surface area contributed by atoms with Crippen molar-refractivity contribution >= 4 is 40.0 Å². The molecule has 1 aliphatic rings. The highest BCUT2D eigenvalue weighted by atomic mass is 32.2. The Morgan fingerprint density at radius 2 is 1.89 bits per heavy atom. The van der Waals surface area contributed by atoms with Crippen molar-refractivity contribution in [3.05, 3.63) is 65.7 Å². The van der Waals surface area contributed by atoms with Gasteiger partial charge in [0, 0.05) is 17.0 Å². The van der Waals surface area contributed by atoms with Crippen LogP contribution in [0, 0.1) is 0 Å². The zero-order valence-electron chi connectivity index (χ0n) is 15.6. The monoisotopic (exact) mass is 392 g/mol. The van der Waals surface area contributed by atoms with Gasteiger partial charge in [-0.1, -0.05) is 18.2 Å². The van der Waals surface area contributed by atoms with E-state index in [0.717, 1.165) is 27.0 Å². The minimum absolute atomic E-state index is 0.0390. The maximum absolute atomic E-state index is 12.5. The van der Waals surface area contributed by atoms with Gasteiger partial charge in [-0.05, 0) is 59.7 Å². The van der Waals surface area contributed by atoms with Crippen molar-refractivity contribution in [2.75, 3.05) is 12.4 Å². The summed E-state index contributed by atoms with van der Waals surface area (Å²) in [7, 11) is 1.65. The van der Waals surface area contributed by atoms with E-state index in [1.165, 1.54) is 11.8 Å². The number of thioether (sulfide) groups is 1. The van der Waals surface area contributed by atoms with Crippen molar-refractivity contribution in [3.63, 3.8) is 0 Å². The molecule has 5 nitrogen and oxygen atoms in total. The maximum atomic E-state index is 12.5. The van der Waals surface area contributed by atoms with Gasteiger partial charge in [-0.15, -0.1) is 11.8 Å². The van der Waals surface area contributed by atoms with Crippen LogP contribution in [-0.4, -0.2) is 24.2 Å². The van der Waals surface area contributed by atoms with Gasteiger partial charge in [-0.25, -0.2) is 0 Å². The molecule has 4 rings (SSSR count). The van der Waals surface area contributed by atoms with Crippen LogP contribution in [0.5, 0.6) is 5.75 Å². The Bertz CT molecular complexity index is 1080. The second-order valence-corrected chi connectivity index (χ2v) is 8.07. The first-order valence-corrected chi connectivity index (χ1v) is 9.88. The average Bonchev–Trinajstić information content (AvgIpc) is 2.72. The number of fused-ring (bicyclic) bond motifs is 2. The highest BCUT2D eigenvalue weighted by Crippen LogP contribution is 2.35. The fourth-order valence-corrected chi connectivity index (χ4v) is 4.08. The predicted octanol–water partition coefficient (Wildman–Crippen LogP) is 4.21. The highest BCUT2D eigenvalue weighted by molar-refractivity contribution is 8.00. The van der Waals surface area contributed by atoms with Crippen LogP contribution in [-0.2, 0) is 11.3 Å². The fourth-order valence-electron chi connectivity index (χ4n) is 3.14. The van der Waals surface area contributed by atoms with Gasteiger partial charge >= 0.3 is 0 Å². The third-order valence-corrected chi connectivity index (χ3v) is 5.92. The molecular formula is C22H20N2O3S. The Morgan fingerprint density at radius 3 is 2.71 bits per heavy atom. The molecule has 1 atom stereocenters. The van der Waals surface area contributed by atoms with Crippen molar-refractivity contribution in [1.29, 1.82) is 0 Å². The van der Waals surface area contributed by atoms with Gasteiger partial charge in [-0.3, -0.25) is 9.59 Å². The molecule has 1 heterocycles. The predicted molar refractivity (Wildman–Crippen MR) is 112 cm³/mol. The van der Waals surface area contributed by atoms with Gasteiger partial charge in [0.25, 0.3) is 5.91 Å². The number of amides is 2. The zero-order valence-corrected chi connectivity index (χ0v) is 16.4. The number of rotatable bonds is 4. The van der Waals surface area contributed by atoms with E-state index in [-0.39, 0.29) is 17.1 Å². The molecule has 0 aliphatic carbocycles. The minimum atomic E-state index is -0.171. The van der Waals surface area contributed by atoms with Gasteiger partial charge < -0.3 is 15.4 Å². The lowest BCUT2D eigenvalue weighted by molar-refractivity contribution is -0.115. The number of anilines is 1. The second-order valence-electron chi connectivity index (χ2n) is 6.69. The number of methoxy groups -OCH3 is 1. The lowest BCUT2D eigenvalue weighted by Crippen LogP contribution is -2.27. The molecular weight excluding hydrogens is 372 g/mol. The molecule has 0 saturated carbocycles. The topological polar surface area (TPSA) is 67.4 Å². The van der Waals surface area contributed by atoms with Gasteiger partial charge in [0.15, 0.2) is 0 Å². The molecule has 28 heavy (non-hydrogen) atoms. The van der Waals surface area contributed by atoms with Crippen molar-refractivity contribution in [1.82, 2.24) is 5.32 Å². The number of ether oxygens (including phenoxy) is 1. The molecule has 0 spiro atoms. The molecule has 6 heteroatoms. The molecule has 2 amide bonds. The summed E-state index contributed by atoms with van der Waals surface area (Å²) in [4.78, 5) is 25.4. The average molecular weight is 392 g/mol. The Hall–Kier alpha value is -2.99. The molecule has 0 bridgehead atoms. The number of hydrogen-bond acceptors (Lipinski definition) is 4. The van der Waals surface area contributed by atoms with Gasteiger partial charge in [0.2, 0.25) is 5.91 Å². The van der Waals surface area contributed by atoms with E-state index in [0.29, 0.717) is 17.8 Å². The van der Waals surface area contributed by atoms with Crippen LogP contribution in [0.1, 0.15) is 22.8 Å². The Balaban J connectivity index is 1.46. The van der Waals surface area contributed by atoms with E-state index in [1.54, 1.807) is 19.2 Å². The highest BCUT2D eigenvalue weighted by Gasteiger charge is 2.23. The molecule has 0 aromatic heterocycles. The van der Waals surface area contributed by atoms with E-state index in [4.69, 9.17) is 4.74 Å². The third kappa shape index (κ3) is 3.68. The van der Waals surface area contributed by atoms with Crippen LogP contribution in [0.3, 0.4) is 0 Å². The van der Waals surface area contributed by atoms with Crippen molar-refractivity contribution in [2.24, 2.45) is 0 Å². The number of hydrogen-bond donors (Lipinski definition) is 2. The zero-order chi connectivity index (χ0) is 19.7. The summed E-state index contributed by atoms with van der Waals surface area (Å²) in [6.07, 6.45) is 0. The van der Waals surface area contributed by atoms with Crippen LogP contribution in [0.4, 0.5) is 5.69 Å². The molecule has 0 fully saturated rings. The molecule has 2 N–H and O–H groups in total. The van der Waals surface area contributed by atoms with Crippen LogP contribution in [0.2, 0.25) is 0 Å². The molecule has 0 radical (unpaired) electrons. The second kappa shape index (κ2) is 7.56. The summed E-state index contributed by atoms with van der Waals surface area (Å²) in [5.41, 5.74) is 2.24. The van der Waals surface area contributed by atoms with Crippen molar-refractivity contribution < 1.29 is 14.3 Å². The summed E-state index contributed by atoms with van der Waals surface area (Å²) in [6.45, 7) is 2.29. The summed E-state index contributed by atoms with van der Waals surface area (Å²) >= 11 is 1.50. The lowest BCUT2D eigenvalue weighted by Gasteiger charge is -2.21. The van der Waals surface area contributed by atoms with Crippen molar-refractivity contribution in [3.8, 4) is 5.75 Å². The molecule has 1 aliphatic heterocycles. The maximum Gasteiger partial charge on any atom is 0.251 e. The molecule has 3 aromatic carbocycles. The number of benzene rings is 3. The quantitative estimate of drug-likeness (QED) is 0.698. The molecule has 1 unspecified atom stereocenters. The number of carbonyl (C=O) groups is 2. The van der Waals surface area contributed by atoms with E-state index in [1.807, 2.05) is 43.3 Å². The SMILES string of the molecule is COc1ccc2cc(CNC(=O)c3ccc4c(c3)NC(=O)C(C)S4)ccc2c1. The van der Waals surface area contributed by atoms with Gasteiger partial charge in [0.1, 0.15) is 5.75 Å². The first kappa shape index (κ1) is 18.4.